The summed E-state index contributed by atoms with van der Waals surface area (Å²) in [5.41, 5.74) is 2.53. The molecule has 0 bridgehead atoms. The standard InChI is InChI=1S/C26H20Cl2N4O5/c1-15-6-7-16(2)23(8-15)31-24(33)14-37-25-21(27)10-17(11-22(25)28)9-18(13-29)26(34)30-19-4-3-5-20(12-19)32(35)36/h3-12H,14H2,1-2H3,(H,30,34)(H,31,33)/b18-9-. The lowest BCUT2D eigenvalue weighted by Gasteiger charge is -2.13. The number of nitrogens with one attached hydrogen (secondary N) is 2. The van der Waals surface area contributed by atoms with Crippen LogP contribution in [-0.4, -0.2) is 23.3 Å². The fourth-order valence-corrected chi connectivity index (χ4v) is 3.82. The normalized spacial score (nSPS) is 10.8. The van der Waals surface area contributed by atoms with Crippen molar-refractivity contribution in [2.45, 2.75) is 13.8 Å². The van der Waals surface area contributed by atoms with E-state index in [1.165, 1.54) is 42.5 Å². The van der Waals surface area contributed by atoms with E-state index in [0.717, 1.165) is 11.1 Å². The predicted molar refractivity (Wildman–Crippen MR) is 142 cm³/mol. The van der Waals surface area contributed by atoms with Gasteiger partial charge in [0.2, 0.25) is 0 Å². The van der Waals surface area contributed by atoms with Crippen LogP contribution in [0.15, 0.2) is 60.2 Å². The summed E-state index contributed by atoms with van der Waals surface area (Å²) in [4.78, 5) is 35.2. The Bertz CT molecular complexity index is 1440. The van der Waals surface area contributed by atoms with Crippen molar-refractivity contribution in [1.29, 1.82) is 5.26 Å². The number of ether oxygens (including phenoxy) is 1. The van der Waals surface area contributed by atoms with Gasteiger partial charge in [0, 0.05) is 23.5 Å². The summed E-state index contributed by atoms with van der Waals surface area (Å²) < 4.78 is 5.52. The first-order valence-corrected chi connectivity index (χ1v) is 11.5. The highest BCUT2D eigenvalue weighted by Gasteiger charge is 2.15. The van der Waals surface area contributed by atoms with E-state index in [-0.39, 0.29) is 39.3 Å². The maximum Gasteiger partial charge on any atom is 0.271 e. The van der Waals surface area contributed by atoms with Crippen LogP contribution in [0.1, 0.15) is 16.7 Å². The van der Waals surface area contributed by atoms with E-state index >= 15 is 0 Å². The third-order valence-electron chi connectivity index (χ3n) is 5.03. The van der Waals surface area contributed by atoms with Gasteiger partial charge in [0.1, 0.15) is 11.6 Å². The van der Waals surface area contributed by atoms with Crippen LogP contribution in [0.4, 0.5) is 17.1 Å². The minimum atomic E-state index is -0.779. The second kappa shape index (κ2) is 12.0. The molecule has 0 heterocycles. The molecule has 11 heteroatoms. The van der Waals surface area contributed by atoms with E-state index in [1.807, 2.05) is 32.0 Å². The van der Waals surface area contributed by atoms with Crippen LogP contribution in [0.25, 0.3) is 6.08 Å². The SMILES string of the molecule is Cc1ccc(C)c(NC(=O)COc2c(Cl)cc(/C=C(/C#N)C(=O)Nc3cccc([N+](=O)[O-])c3)cc2Cl)c1. The Balaban J connectivity index is 1.71. The zero-order chi connectivity index (χ0) is 27.1. The van der Waals surface area contributed by atoms with Crippen molar-refractivity contribution in [1.82, 2.24) is 0 Å². The molecular formula is C26H20Cl2N4O5. The van der Waals surface area contributed by atoms with Gasteiger partial charge < -0.3 is 15.4 Å². The predicted octanol–water partition coefficient (Wildman–Crippen LogP) is 6.08. The first-order chi connectivity index (χ1) is 17.6. The van der Waals surface area contributed by atoms with Crippen LogP contribution in [0.5, 0.6) is 5.75 Å². The number of amides is 2. The van der Waals surface area contributed by atoms with Gasteiger partial charge in [0.15, 0.2) is 12.4 Å². The van der Waals surface area contributed by atoms with Gasteiger partial charge in [-0.2, -0.15) is 5.26 Å². The Morgan fingerprint density at radius 3 is 2.43 bits per heavy atom. The number of nitro benzene ring substituents is 1. The number of carbonyl (C=O) groups excluding carboxylic acids is 2. The van der Waals surface area contributed by atoms with Gasteiger partial charge in [-0.3, -0.25) is 19.7 Å². The number of nitriles is 1. The van der Waals surface area contributed by atoms with Crippen molar-refractivity contribution < 1.29 is 19.2 Å². The van der Waals surface area contributed by atoms with E-state index in [2.05, 4.69) is 10.6 Å². The van der Waals surface area contributed by atoms with Crippen LogP contribution < -0.4 is 15.4 Å². The minimum Gasteiger partial charge on any atom is -0.481 e. The lowest BCUT2D eigenvalue weighted by molar-refractivity contribution is -0.384. The summed E-state index contributed by atoms with van der Waals surface area (Å²) in [6.45, 7) is 3.43. The summed E-state index contributed by atoms with van der Waals surface area (Å²) in [5, 5.41) is 25.7. The molecule has 0 atom stereocenters. The van der Waals surface area contributed by atoms with Gasteiger partial charge in [-0.05, 0) is 60.9 Å². The molecule has 2 amide bonds. The Labute approximate surface area is 222 Å². The Morgan fingerprint density at radius 1 is 1.08 bits per heavy atom. The van der Waals surface area contributed by atoms with Gasteiger partial charge in [-0.1, -0.05) is 41.4 Å². The molecule has 0 aliphatic rings. The lowest BCUT2D eigenvalue weighted by Crippen LogP contribution is -2.21. The first-order valence-electron chi connectivity index (χ1n) is 10.7. The molecule has 188 valence electrons. The number of hydrogen-bond donors (Lipinski definition) is 2. The Morgan fingerprint density at radius 2 is 1.78 bits per heavy atom. The van der Waals surface area contributed by atoms with E-state index in [9.17, 15) is 25.0 Å². The number of nitrogens with zero attached hydrogens (tertiary/aromatic N) is 2. The van der Waals surface area contributed by atoms with E-state index in [4.69, 9.17) is 27.9 Å². The largest absolute Gasteiger partial charge is 0.481 e. The number of anilines is 2. The highest BCUT2D eigenvalue weighted by atomic mass is 35.5. The minimum absolute atomic E-state index is 0.0645. The van der Waals surface area contributed by atoms with Crippen LogP contribution in [0, 0.1) is 35.3 Å². The Hall–Kier alpha value is -4.39. The Kier molecular flexibility index (Phi) is 8.85. The van der Waals surface area contributed by atoms with Crippen LogP contribution in [-0.2, 0) is 9.59 Å². The molecule has 37 heavy (non-hydrogen) atoms. The fourth-order valence-electron chi connectivity index (χ4n) is 3.21. The van der Waals surface area contributed by atoms with E-state index in [0.29, 0.717) is 11.3 Å². The monoisotopic (exact) mass is 538 g/mol. The third-order valence-corrected chi connectivity index (χ3v) is 5.59. The maximum atomic E-state index is 12.5. The van der Waals surface area contributed by atoms with Gasteiger partial charge in [-0.15, -0.1) is 0 Å². The second-order valence-electron chi connectivity index (χ2n) is 7.90. The molecular weight excluding hydrogens is 519 g/mol. The lowest BCUT2D eigenvalue weighted by atomic mass is 10.1. The number of halogens is 2. The molecule has 0 aromatic heterocycles. The molecule has 0 radical (unpaired) electrons. The highest BCUT2D eigenvalue weighted by Crippen LogP contribution is 2.35. The smallest absolute Gasteiger partial charge is 0.271 e. The zero-order valence-corrected chi connectivity index (χ0v) is 21.2. The summed E-state index contributed by atoms with van der Waals surface area (Å²) in [6.07, 6.45) is 1.25. The van der Waals surface area contributed by atoms with Crippen molar-refractivity contribution in [3.8, 4) is 11.8 Å². The first kappa shape index (κ1) is 27.2. The van der Waals surface area contributed by atoms with Gasteiger partial charge in [0.25, 0.3) is 17.5 Å². The van der Waals surface area contributed by atoms with Gasteiger partial charge >= 0.3 is 0 Å². The van der Waals surface area contributed by atoms with Crippen molar-refractivity contribution >= 4 is 58.2 Å². The quantitative estimate of drug-likeness (QED) is 0.154. The zero-order valence-electron chi connectivity index (χ0n) is 19.7. The van der Waals surface area contributed by atoms with Crippen molar-refractivity contribution in [3.05, 3.63) is 97.0 Å². The highest BCUT2D eigenvalue weighted by molar-refractivity contribution is 6.37. The molecule has 0 saturated heterocycles. The van der Waals surface area contributed by atoms with E-state index in [1.54, 1.807) is 6.07 Å². The van der Waals surface area contributed by atoms with Gasteiger partial charge in [-0.25, -0.2) is 0 Å². The summed E-state index contributed by atoms with van der Waals surface area (Å²) in [6, 6.07) is 15.6. The second-order valence-corrected chi connectivity index (χ2v) is 8.71. The molecule has 0 fully saturated rings. The molecule has 3 aromatic carbocycles. The number of benzene rings is 3. The molecule has 3 aromatic rings. The number of carbonyl (C=O) groups is 2. The summed E-state index contributed by atoms with van der Waals surface area (Å²) >= 11 is 12.6. The molecule has 0 unspecified atom stereocenters. The average molecular weight is 539 g/mol. The van der Waals surface area contributed by atoms with Crippen LogP contribution in [0.2, 0.25) is 10.0 Å². The topological polar surface area (TPSA) is 134 Å². The molecule has 0 saturated carbocycles. The van der Waals surface area contributed by atoms with Crippen molar-refractivity contribution in [3.63, 3.8) is 0 Å². The summed E-state index contributed by atoms with van der Waals surface area (Å²) in [7, 11) is 0. The molecule has 0 spiro atoms. The molecule has 0 aliphatic heterocycles. The number of nitro groups is 1. The van der Waals surface area contributed by atoms with E-state index < -0.39 is 16.7 Å². The van der Waals surface area contributed by atoms with Crippen molar-refractivity contribution in [2.75, 3.05) is 17.2 Å². The van der Waals surface area contributed by atoms with Crippen molar-refractivity contribution in [2.24, 2.45) is 0 Å². The maximum absolute atomic E-state index is 12.5. The average Bonchev–Trinajstić information content (AvgIpc) is 2.84. The number of aryl methyl sites for hydroxylation is 2. The number of non-ortho nitro benzene ring substituents is 1. The summed E-state index contributed by atoms with van der Waals surface area (Å²) in [5.74, 6) is -1.12. The number of rotatable bonds is 8. The van der Waals surface area contributed by atoms with Crippen LogP contribution in [0.3, 0.4) is 0 Å². The molecule has 2 N–H and O–H groups in total. The fraction of sp³-hybridized carbons (Fsp3) is 0.115. The number of hydrogen-bond acceptors (Lipinski definition) is 6. The third kappa shape index (κ3) is 7.30. The molecule has 9 nitrogen and oxygen atoms in total. The van der Waals surface area contributed by atoms with Crippen LogP contribution >= 0.6 is 23.2 Å². The van der Waals surface area contributed by atoms with Gasteiger partial charge in [0.05, 0.1) is 15.0 Å². The molecule has 0 aliphatic carbocycles. The molecule has 3 rings (SSSR count).